The van der Waals surface area contributed by atoms with Gasteiger partial charge in [-0.25, -0.2) is 0 Å². The van der Waals surface area contributed by atoms with E-state index in [9.17, 15) is 0 Å². The standard InChI is InChI=1S/C14H19Cl2NO/c1-10(12-3-2-4-13(15)14(12)16)17-9-11-5-7-18-8-6-11/h2-4,10-11,17H,5-9H2,1H3. The summed E-state index contributed by atoms with van der Waals surface area (Å²) in [6.45, 7) is 4.90. The number of hydrogen-bond acceptors (Lipinski definition) is 2. The van der Waals surface area contributed by atoms with E-state index in [-0.39, 0.29) is 6.04 Å². The highest BCUT2D eigenvalue weighted by atomic mass is 35.5. The summed E-state index contributed by atoms with van der Waals surface area (Å²) in [7, 11) is 0. The van der Waals surface area contributed by atoms with Crippen LogP contribution in [0.25, 0.3) is 0 Å². The van der Waals surface area contributed by atoms with Crippen LogP contribution in [0.3, 0.4) is 0 Å². The molecule has 0 radical (unpaired) electrons. The van der Waals surface area contributed by atoms with Gasteiger partial charge in [-0.2, -0.15) is 0 Å². The zero-order valence-electron chi connectivity index (χ0n) is 10.6. The summed E-state index contributed by atoms with van der Waals surface area (Å²) >= 11 is 12.2. The predicted octanol–water partition coefficient (Wildman–Crippen LogP) is 4.07. The summed E-state index contributed by atoms with van der Waals surface area (Å²) in [5.41, 5.74) is 1.07. The third-order valence-electron chi connectivity index (χ3n) is 3.50. The molecule has 1 unspecified atom stereocenters. The van der Waals surface area contributed by atoms with E-state index in [1.54, 1.807) is 0 Å². The molecule has 1 saturated heterocycles. The first-order valence-corrected chi connectivity index (χ1v) is 7.19. The summed E-state index contributed by atoms with van der Waals surface area (Å²) in [6.07, 6.45) is 2.28. The van der Waals surface area contributed by atoms with E-state index in [4.69, 9.17) is 27.9 Å². The zero-order chi connectivity index (χ0) is 13.0. The van der Waals surface area contributed by atoms with E-state index < -0.39 is 0 Å². The Bertz CT molecular complexity index is 391. The van der Waals surface area contributed by atoms with Crippen molar-refractivity contribution in [2.75, 3.05) is 19.8 Å². The van der Waals surface area contributed by atoms with E-state index in [0.717, 1.165) is 38.2 Å². The van der Waals surface area contributed by atoms with Gasteiger partial charge in [-0.3, -0.25) is 0 Å². The highest BCUT2D eigenvalue weighted by molar-refractivity contribution is 6.42. The zero-order valence-corrected chi connectivity index (χ0v) is 12.1. The van der Waals surface area contributed by atoms with Crippen LogP contribution in [-0.4, -0.2) is 19.8 Å². The Morgan fingerprint density at radius 2 is 2.06 bits per heavy atom. The quantitative estimate of drug-likeness (QED) is 0.901. The summed E-state index contributed by atoms with van der Waals surface area (Å²) in [5, 5.41) is 4.82. The van der Waals surface area contributed by atoms with E-state index in [1.807, 2.05) is 18.2 Å². The number of nitrogens with one attached hydrogen (secondary N) is 1. The highest BCUT2D eigenvalue weighted by Gasteiger charge is 2.16. The molecule has 2 rings (SSSR count). The third kappa shape index (κ3) is 3.61. The van der Waals surface area contributed by atoms with Crippen LogP contribution in [0, 0.1) is 5.92 Å². The van der Waals surface area contributed by atoms with Crippen LogP contribution >= 0.6 is 23.2 Å². The molecule has 0 bridgehead atoms. The smallest absolute Gasteiger partial charge is 0.0639 e. The first kappa shape index (κ1) is 14.1. The van der Waals surface area contributed by atoms with E-state index >= 15 is 0 Å². The highest BCUT2D eigenvalue weighted by Crippen LogP contribution is 2.29. The fourth-order valence-corrected chi connectivity index (χ4v) is 2.73. The number of benzene rings is 1. The van der Waals surface area contributed by atoms with Crippen LogP contribution in [0.1, 0.15) is 31.4 Å². The summed E-state index contributed by atoms with van der Waals surface area (Å²) in [4.78, 5) is 0. The van der Waals surface area contributed by atoms with Gasteiger partial charge in [-0.05, 0) is 43.9 Å². The molecule has 100 valence electrons. The second-order valence-corrected chi connectivity index (χ2v) is 5.61. The van der Waals surface area contributed by atoms with Gasteiger partial charge in [0.05, 0.1) is 10.0 Å². The molecule has 1 aliphatic rings. The van der Waals surface area contributed by atoms with Gasteiger partial charge in [0.25, 0.3) is 0 Å². The normalized spacial score (nSPS) is 18.8. The molecular formula is C14H19Cl2NO. The van der Waals surface area contributed by atoms with Crippen LogP contribution in [-0.2, 0) is 4.74 Å². The molecular weight excluding hydrogens is 269 g/mol. The molecule has 0 amide bonds. The Balaban J connectivity index is 1.90. The minimum absolute atomic E-state index is 0.221. The maximum absolute atomic E-state index is 6.22. The minimum Gasteiger partial charge on any atom is -0.381 e. The van der Waals surface area contributed by atoms with Crippen molar-refractivity contribution in [3.63, 3.8) is 0 Å². The second-order valence-electron chi connectivity index (χ2n) is 4.83. The summed E-state index contributed by atoms with van der Waals surface area (Å²) < 4.78 is 5.36. The first-order valence-electron chi connectivity index (χ1n) is 6.43. The van der Waals surface area contributed by atoms with E-state index in [0.29, 0.717) is 16.0 Å². The molecule has 1 aromatic carbocycles. The molecule has 1 aromatic rings. The van der Waals surface area contributed by atoms with E-state index in [2.05, 4.69) is 12.2 Å². The van der Waals surface area contributed by atoms with Gasteiger partial charge in [0, 0.05) is 19.3 Å². The molecule has 18 heavy (non-hydrogen) atoms. The van der Waals surface area contributed by atoms with Crippen LogP contribution in [0.5, 0.6) is 0 Å². The largest absolute Gasteiger partial charge is 0.381 e. The number of ether oxygens (including phenoxy) is 1. The van der Waals surface area contributed by atoms with Crippen molar-refractivity contribution in [1.82, 2.24) is 5.32 Å². The lowest BCUT2D eigenvalue weighted by Gasteiger charge is -2.24. The van der Waals surface area contributed by atoms with Gasteiger partial charge in [0.1, 0.15) is 0 Å². The van der Waals surface area contributed by atoms with Crippen LogP contribution in [0.15, 0.2) is 18.2 Å². The van der Waals surface area contributed by atoms with Crippen molar-refractivity contribution in [2.24, 2.45) is 5.92 Å². The monoisotopic (exact) mass is 287 g/mol. The predicted molar refractivity (Wildman–Crippen MR) is 76.4 cm³/mol. The van der Waals surface area contributed by atoms with Gasteiger partial charge in [0.15, 0.2) is 0 Å². The van der Waals surface area contributed by atoms with E-state index in [1.165, 1.54) is 0 Å². The summed E-state index contributed by atoms with van der Waals surface area (Å²) in [6, 6.07) is 6.00. The number of halogens is 2. The minimum atomic E-state index is 0.221. The lowest BCUT2D eigenvalue weighted by Crippen LogP contribution is -2.29. The SMILES string of the molecule is CC(NCC1CCOCC1)c1cccc(Cl)c1Cl. The first-order chi connectivity index (χ1) is 8.68. The fourth-order valence-electron chi connectivity index (χ4n) is 2.26. The molecule has 0 spiro atoms. The Morgan fingerprint density at radius 1 is 1.33 bits per heavy atom. The lowest BCUT2D eigenvalue weighted by atomic mass is 9.99. The number of rotatable bonds is 4. The molecule has 1 heterocycles. The van der Waals surface area contributed by atoms with Crippen molar-refractivity contribution < 1.29 is 4.74 Å². The fraction of sp³-hybridized carbons (Fsp3) is 0.571. The molecule has 1 atom stereocenters. The Morgan fingerprint density at radius 3 is 2.78 bits per heavy atom. The molecule has 1 aliphatic heterocycles. The van der Waals surface area contributed by atoms with Gasteiger partial charge in [-0.15, -0.1) is 0 Å². The van der Waals surface area contributed by atoms with Crippen LogP contribution in [0.4, 0.5) is 0 Å². The molecule has 2 nitrogen and oxygen atoms in total. The Hall–Kier alpha value is -0.280. The van der Waals surface area contributed by atoms with Crippen molar-refractivity contribution >= 4 is 23.2 Å². The molecule has 4 heteroatoms. The van der Waals surface area contributed by atoms with Crippen molar-refractivity contribution in [2.45, 2.75) is 25.8 Å². The van der Waals surface area contributed by atoms with Crippen LogP contribution in [0.2, 0.25) is 10.0 Å². The third-order valence-corrected chi connectivity index (χ3v) is 4.34. The molecule has 0 aliphatic carbocycles. The topological polar surface area (TPSA) is 21.3 Å². The molecule has 1 N–H and O–H groups in total. The lowest BCUT2D eigenvalue weighted by molar-refractivity contribution is 0.0656. The van der Waals surface area contributed by atoms with Crippen molar-refractivity contribution in [3.8, 4) is 0 Å². The van der Waals surface area contributed by atoms with Crippen molar-refractivity contribution in [3.05, 3.63) is 33.8 Å². The molecule has 0 aromatic heterocycles. The number of hydrogen-bond donors (Lipinski definition) is 1. The molecule has 0 saturated carbocycles. The van der Waals surface area contributed by atoms with Crippen molar-refractivity contribution in [1.29, 1.82) is 0 Å². The second kappa shape index (κ2) is 6.76. The van der Waals surface area contributed by atoms with Gasteiger partial charge >= 0.3 is 0 Å². The van der Waals surface area contributed by atoms with Gasteiger partial charge in [-0.1, -0.05) is 35.3 Å². The molecule has 1 fully saturated rings. The maximum Gasteiger partial charge on any atom is 0.0639 e. The van der Waals surface area contributed by atoms with Crippen LogP contribution < -0.4 is 5.32 Å². The average Bonchev–Trinajstić information content (AvgIpc) is 2.40. The Kier molecular flexibility index (Phi) is 5.31. The van der Waals surface area contributed by atoms with Gasteiger partial charge < -0.3 is 10.1 Å². The Labute approximate surface area is 119 Å². The average molecular weight is 288 g/mol. The van der Waals surface area contributed by atoms with Gasteiger partial charge in [0.2, 0.25) is 0 Å². The maximum atomic E-state index is 6.22. The summed E-state index contributed by atoms with van der Waals surface area (Å²) in [5.74, 6) is 0.708.